The smallest absolute Gasteiger partial charge is 0.277 e. The molecule has 1 aromatic carbocycles. The Morgan fingerprint density at radius 2 is 1.94 bits per heavy atom. The highest BCUT2D eigenvalue weighted by Gasteiger charge is 2.12. The number of aryl methyl sites for hydroxylation is 1. The number of H-pyrrole nitrogens is 1. The number of aromatic nitrogens is 4. The van der Waals surface area contributed by atoms with E-state index in [-0.39, 0.29) is 17.9 Å². The molecule has 0 aliphatic rings. The van der Waals surface area contributed by atoms with Gasteiger partial charge in [-0.2, -0.15) is 0 Å². The number of rotatable bonds is 7. The third-order valence-electron chi connectivity index (χ3n) is 5.01. The highest BCUT2D eigenvalue weighted by Crippen LogP contribution is 2.16. The van der Waals surface area contributed by atoms with Gasteiger partial charge >= 0.3 is 0 Å². The number of ketones is 1. The van der Waals surface area contributed by atoms with Gasteiger partial charge in [-0.1, -0.05) is 43.7 Å². The van der Waals surface area contributed by atoms with E-state index in [0.29, 0.717) is 11.5 Å². The van der Waals surface area contributed by atoms with E-state index < -0.39 is 0 Å². The lowest BCUT2D eigenvalue weighted by molar-refractivity contribution is -0.117. The molecule has 0 aliphatic carbocycles. The molecule has 0 atom stereocenters. The van der Waals surface area contributed by atoms with Gasteiger partial charge in [0.2, 0.25) is 0 Å². The van der Waals surface area contributed by atoms with E-state index in [0.717, 1.165) is 12.0 Å². The summed E-state index contributed by atoms with van der Waals surface area (Å²) in [6.45, 7) is 3.68. The first-order valence-electron chi connectivity index (χ1n) is 10.8. The molecule has 32 heavy (non-hydrogen) atoms. The summed E-state index contributed by atoms with van der Waals surface area (Å²) in [6, 6.07) is 13.5. The third-order valence-corrected chi connectivity index (χ3v) is 5.01. The summed E-state index contributed by atoms with van der Waals surface area (Å²) in [7, 11) is 1.65. The van der Waals surface area contributed by atoms with Gasteiger partial charge in [-0.05, 0) is 31.9 Å². The minimum atomic E-state index is -0.244. The average Bonchev–Trinajstić information content (AvgIpc) is 3.23. The van der Waals surface area contributed by atoms with Gasteiger partial charge in [0.25, 0.3) is 5.56 Å². The van der Waals surface area contributed by atoms with Crippen LogP contribution in [0.3, 0.4) is 0 Å². The molecule has 166 valence electrons. The van der Waals surface area contributed by atoms with Crippen LogP contribution in [0.25, 0.3) is 22.3 Å². The topological polar surface area (TPSA) is 92.7 Å². The second kappa shape index (κ2) is 11.0. The van der Waals surface area contributed by atoms with Crippen LogP contribution in [0.4, 0.5) is 5.69 Å². The number of carbonyl (C=O) groups excluding carboxylic acids is 1. The summed E-state index contributed by atoms with van der Waals surface area (Å²) in [5.74, 6) is 0.411. The molecule has 4 rings (SSSR count). The van der Waals surface area contributed by atoms with Crippen molar-refractivity contribution in [1.82, 2.24) is 19.5 Å². The van der Waals surface area contributed by atoms with E-state index >= 15 is 0 Å². The summed E-state index contributed by atoms with van der Waals surface area (Å²) in [5, 5.41) is 4.00. The zero-order chi connectivity index (χ0) is 22.9. The maximum atomic E-state index is 12.2. The van der Waals surface area contributed by atoms with Crippen LogP contribution < -0.4 is 10.9 Å². The quantitative estimate of drug-likeness (QED) is 0.451. The minimum absolute atomic E-state index is 0.0194. The number of Topliss-reactive ketones (excluding diaryl/α,β-unsaturated/α-hetero) is 1. The SMILES string of the molecule is CCCCc1cc2cnccc2[nH]1.CNc1cnc(-c2ccccc2)n(CC(C)=O)c1=O. The first-order valence-corrected chi connectivity index (χ1v) is 10.8. The first kappa shape index (κ1) is 22.9. The summed E-state index contributed by atoms with van der Waals surface area (Å²) >= 11 is 0. The van der Waals surface area contributed by atoms with Crippen LogP contribution in [0.2, 0.25) is 0 Å². The fourth-order valence-electron chi connectivity index (χ4n) is 3.38. The van der Waals surface area contributed by atoms with E-state index in [2.05, 4.69) is 33.3 Å². The molecular weight excluding hydrogens is 402 g/mol. The number of fused-ring (bicyclic) bond motifs is 1. The number of hydrogen-bond donors (Lipinski definition) is 2. The zero-order valence-electron chi connectivity index (χ0n) is 18.8. The van der Waals surface area contributed by atoms with Crippen molar-refractivity contribution in [1.29, 1.82) is 0 Å². The van der Waals surface area contributed by atoms with Gasteiger partial charge in [-0.3, -0.25) is 19.1 Å². The Kier molecular flexibility index (Phi) is 7.91. The molecule has 3 aromatic heterocycles. The first-order chi connectivity index (χ1) is 15.5. The second-order valence-corrected chi connectivity index (χ2v) is 7.57. The van der Waals surface area contributed by atoms with Crippen LogP contribution in [0.5, 0.6) is 0 Å². The number of nitrogens with one attached hydrogen (secondary N) is 2. The van der Waals surface area contributed by atoms with E-state index in [4.69, 9.17) is 0 Å². The maximum absolute atomic E-state index is 12.2. The molecular formula is C25H29N5O2. The molecule has 0 bridgehead atoms. The average molecular weight is 432 g/mol. The Hall–Kier alpha value is -3.74. The minimum Gasteiger partial charge on any atom is -0.382 e. The fourth-order valence-corrected chi connectivity index (χ4v) is 3.38. The van der Waals surface area contributed by atoms with Crippen LogP contribution in [-0.4, -0.2) is 32.3 Å². The normalized spacial score (nSPS) is 10.5. The number of anilines is 1. The van der Waals surface area contributed by atoms with Crippen molar-refractivity contribution in [3.63, 3.8) is 0 Å². The van der Waals surface area contributed by atoms with Crippen molar-refractivity contribution < 1.29 is 4.79 Å². The van der Waals surface area contributed by atoms with Crippen LogP contribution in [-0.2, 0) is 17.8 Å². The Bertz CT molecular complexity index is 1200. The van der Waals surface area contributed by atoms with Crippen molar-refractivity contribution in [2.45, 2.75) is 39.7 Å². The van der Waals surface area contributed by atoms with Gasteiger partial charge in [-0.15, -0.1) is 0 Å². The van der Waals surface area contributed by atoms with Crippen molar-refractivity contribution in [2.24, 2.45) is 0 Å². The Labute approximate surface area is 187 Å². The molecule has 4 aromatic rings. The Morgan fingerprint density at radius 3 is 2.59 bits per heavy atom. The number of benzene rings is 1. The number of hydrogen-bond acceptors (Lipinski definition) is 5. The lowest BCUT2D eigenvalue weighted by Gasteiger charge is -2.12. The van der Waals surface area contributed by atoms with Crippen LogP contribution in [0.1, 0.15) is 32.4 Å². The van der Waals surface area contributed by atoms with E-state index in [1.54, 1.807) is 7.05 Å². The maximum Gasteiger partial charge on any atom is 0.277 e. The monoisotopic (exact) mass is 431 g/mol. The van der Waals surface area contributed by atoms with Crippen molar-refractivity contribution >= 4 is 22.4 Å². The van der Waals surface area contributed by atoms with E-state index in [9.17, 15) is 9.59 Å². The predicted octanol–water partition coefficient (Wildman–Crippen LogP) is 4.45. The molecule has 0 amide bonds. The molecule has 0 fully saturated rings. The summed E-state index contributed by atoms with van der Waals surface area (Å²) in [5.41, 5.74) is 3.46. The molecule has 7 nitrogen and oxygen atoms in total. The lowest BCUT2D eigenvalue weighted by atomic mass is 10.2. The number of unbranched alkanes of at least 4 members (excludes halogenated alkanes) is 1. The second-order valence-electron chi connectivity index (χ2n) is 7.57. The molecule has 3 heterocycles. The molecule has 0 radical (unpaired) electrons. The van der Waals surface area contributed by atoms with Crippen LogP contribution >= 0.6 is 0 Å². The molecule has 2 N–H and O–H groups in total. The Balaban J connectivity index is 0.000000193. The largest absolute Gasteiger partial charge is 0.382 e. The van der Waals surface area contributed by atoms with Crippen LogP contribution in [0, 0.1) is 0 Å². The number of nitrogens with zero attached hydrogens (tertiary/aromatic N) is 3. The summed E-state index contributed by atoms with van der Waals surface area (Å²) in [6.07, 6.45) is 8.85. The van der Waals surface area contributed by atoms with E-state index in [1.807, 2.05) is 48.8 Å². The summed E-state index contributed by atoms with van der Waals surface area (Å²) in [4.78, 5) is 35.3. The highest BCUT2D eigenvalue weighted by atomic mass is 16.1. The molecule has 0 unspecified atom stereocenters. The third kappa shape index (κ3) is 5.69. The van der Waals surface area contributed by atoms with Gasteiger partial charge < -0.3 is 10.3 Å². The molecule has 0 saturated carbocycles. The Morgan fingerprint density at radius 1 is 1.16 bits per heavy atom. The van der Waals surface area contributed by atoms with Gasteiger partial charge in [0, 0.05) is 41.6 Å². The summed E-state index contributed by atoms with van der Waals surface area (Å²) < 4.78 is 1.39. The highest BCUT2D eigenvalue weighted by molar-refractivity contribution is 5.79. The van der Waals surface area contributed by atoms with Crippen molar-refractivity contribution in [3.05, 3.63) is 77.1 Å². The van der Waals surface area contributed by atoms with Gasteiger partial charge in [0.1, 0.15) is 17.3 Å². The standard InChI is InChI=1S/C14H15N3O2.C11H14N2/c1-10(18)9-17-13(11-6-4-3-5-7-11)16-8-12(15-2)14(17)19;1-2-3-4-10-7-9-8-12-6-5-11(9)13-10/h3-8,15H,9H2,1-2H3;5-8,13H,2-4H2,1H3. The molecule has 0 aliphatic heterocycles. The number of aromatic amines is 1. The fraction of sp³-hybridized carbons (Fsp3) is 0.280. The van der Waals surface area contributed by atoms with Crippen LogP contribution in [0.15, 0.2) is 65.8 Å². The molecule has 0 saturated heterocycles. The van der Waals surface area contributed by atoms with Gasteiger partial charge in [0.05, 0.1) is 12.7 Å². The number of pyridine rings is 1. The van der Waals surface area contributed by atoms with Crippen molar-refractivity contribution in [3.8, 4) is 11.4 Å². The zero-order valence-corrected chi connectivity index (χ0v) is 18.8. The molecule has 0 spiro atoms. The lowest BCUT2D eigenvalue weighted by Crippen LogP contribution is -2.27. The van der Waals surface area contributed by atoms with Crippen molar-refractivity contribution in [2.75, 3.05) is 12.4 Å². The molecule has 7 heteroatoms. The number of carbonyl (C=O) groups is 1. The van der Waals surface area contributed by atoms with E-state index in [1.165, 1.54) is 47.1 Å². The van der Waals surface area contributed by atoms with Gasteiger partial charge in [0.15, 0.2) is 0 Å². The van der Waals surface area contributed by atoms with Gasteiger partial charge in [-0.25, -0.2) is 4.98 Å². The predicted molar refractivity (Wildman–Crippen MR) is 129 cm³/mol.